The third-order valence-corrected chi connectivity index (χ3v) is 4.29. The summed E-state index contributed by atoms with van der Waals surface area (Å²) in [4.78, 5) is 37.8. The average molecular weight is 419 g/mol. The zero-order valence-corrected chi connectivity index (χ0v) is 18.0. The number of methoxy groups -OCH3 is 2. The van der Waals surface area contributed by atoms with Gasteiger partial charge in [-0.25, -0.2) is 14.4 Å². The molecular weight excluding hydrogens is 390 g/mol. The van der Waals surface area contributed by atoms with E-state index < -0.39 is 23.6 Å². The molecule has 2 rings (SSSR count). The Morgan fingerprint density at radius 3 is 2.47 bits per heavy atom. The summed E-state index contributed by atoms with van der Waals surface area (Å²) in [6.45, 7) is 6.72. The van der Waals surface area contributed by atoms with E-state index in [1.165, 1.54) is 14.2 Å². The molecule has 1 aliphatic rings. The van der Waals surface area contributed by atoms with Crippen LogP contribution in [0.4, 0.5) is 16.2 Å². The van der Waals surface area contributed by atoms with Gasteiger partial charge >= 0.3 is 18.0 Å². The van der Waals surface area contributed by atoms with E-state index in [1.54, 1.807) is 6.07 Å². The highest BCUT2D eigenvalue weighted by Crippen LogP contribution is 2.30. The van der Waals surface area contributed by atoms with Gasteiger partial charge in [-0.2, -0.15) is 0 Å². The quantitative estimate of drug-likeness (QED) is 0.411. The summed E-state index contributed by atoms with van der Waals surface area (Å²) in [5.41, 5.74) is 0.843. The standard InChI is InChI=1S/C21H29N3O6/c1-21(2,3)30-20(27)22-14-10-11-24(13-14)17-9-7-6-8-15(17)23-16(19(26)29-5)12-18(25)28-4/h6-9,12,14,23H,10-11,13H2,1-5H3,(H,22,27)/b16-12+. The third-order valence-electron chi connectivity index (χ3n) is 4.29. The number of nitrogens with zero attached hydrogens (tertiary/aromatic N) is 1. The summed E-state index contributed by atoms with van der Waals surface area (Å²) >= 11 is 0. The van der Waals surface area contributed by atoms with E-state index in [2.05, 4.69) is 20.3 Å². The van der Waals surface area contributed by atoms with Crippen LogP contribution >= 0.6 is 0 Å². The number of amides is 1. The second-order valence-corrected chi connectivity index (χ2v) is 7.79. The Bertz CT molecular complexity index is 815. The van der Waals surface area contributed by atoms with Gasteiger partial charge in [-0.3, -0.25) is 0 Å². The molecule has 1 aliphatic heterocycles. The van der Waals surface area contributed by atoms with Crippen LogP contribution < -0.4 is 15.5 Å². The lowest BCUT2D eigenvalue weighted by molar-refractivity contribution is -0.138. The van der Waals surface area contributed by atoms with Gasteiger partial charge in [0.1, 0.15) is 11.3 Å². The number of nitrogens with one attached hydrogen (secondary N) is 2. The number of esters is 2. The van der Waals surface area contributed by atoms with Crippen LogP contribution in [0.5, 0.6) is 0 Å². The monoisotopic (exact) mass is 419 g/mol. The smallest absolute Gasteiger partial charge is 0.407 e. The van der Waals surface area contributed by atoms with Crippen molar-refractivity contribution in [3.63, 3.8) is 0 Å². The van der Waals surface area contributed by atoms with Crippen LogP contribution in [0, 0.1) is 0 Å². The van der Waals surface area contributed by atoms with Crippen LogP contribution in [-0.2, 0) is 23.8 Å². The Balaban J connectivity index is 2.13. The molecule has 1 amide bonds. The molecule has 1 fully saturated rings. The van der Waals surface area contributed by atoms with E-state index in [-0.39, 0.29) is 11.7 Å². The van der Waals surface area contributed by atoms with Gasteiger partial charge in [0, 0.05) is 13.1 Å². The maximum absolute atomic E-state index is 12.1. The maximum atomic E-state index is 12.1. The fourth-order valence-corrected chi connectivity index (χ4v) is 3.00. The lowest BCUT2D eigenvalue weighted by Gasteiger charge is -2.24. The largest absolute Gasteiger partial charge is 0.466 e. The first-order valence-electron chi connectivity index (χ1n) is 9.61. The van der Waals surface area contributed by atoms with Crippen molar-refractivity contribution in [2.45, 2.75) is 38.8 Å². The Kier molecular flexibility index (Phi) is 7.68. The number of anilines is 2. The number of para-hydroxylation sites is 2. The normalized spacial score (nSPS) is 16.6. The minimum Gasteiger partial charge on any atom is -0.466 e. The van der Waals surface area contributed by atoms with E-state index in [4.69, 9.17) is 9.47 Å². The number of alkyl carbamates (subject to hydrolysis) is 1. The molecule has 0 saturated carbocycles. The fourth-order valence-electron chi connectivity index (χ4n) is 3.00. The van der Waals surface area contributed by atoms with Crippen molar-refractivity contribution in [1.82, 2.24) is 5.32 Å². The van der Waals surface area contributed by atoms with Crippen molar-refractivity contribution >= 4 is 29.4 Å². The molecule has 0 aliphatic carbocycles. The molecule has 1 atom stereocenters. The average Bonchev–Trinajstić information content (AvgIpc) is 3.13. The molecule has 0 spiro atoms. The molecule has 30 heavy (non-hydrogen) atoms. The lowest BCUT2D eigenvalue weighted by atomic mass is 10.2. The minimum absolute atomic E-state index is 0.0422. The number of hydrogen-bond donors (Lipinski definition) is 2. The Hall–Kier alpha value is -3.23. The zero-order valence-electron chi connectivity index (χ0n) is 18.0. The Morgan fingerprint density at radius 1 is 1.13 bits per heavy atom. The summed E-state index contributed by atoms with van der Waals surface area (Å²) in [5.74, 6) is -1.37. The molecule has 0 aromatic heterocycles. The molecule has 9 nitrogen and oxygen atoms in total. The van der Waals surface area contributed by atoms with Gasteiger partial charge in [0.05, 0.1) is 37.7 Å². The van der Waals surface area contributed by atoms with Crippen molar-refractivity contribution in [2.24, 2.45) is 0 Å². The van der Waals surface area contributed by atoms with Crippen molar-refractivity contribution in [3.8, 4) is 0 Å². The SMILES string of the molecule is COC(=O)/C=C(/Nc1ccccc1N1CCC(NC(=O)OC(C)(C)C)C1)C(=O)OC. The highest BCUT2D eigenvalue weighted by Gasteiger charge is 2.27. The first-order valence-corrected chi connectivity index (χ1v) is 9.61. The van der Waals surface area contributed by atoms with E-state index in [1.807, 2.05) is 39.0 Å². The van der Waals surface area contributed by atoms with E-state index in [0.717, 1.165) is 18.2 Å². The molecule has 2 N–H and O–H groups in total. The summed E-state index contributed by atoms with van der Waals surface area (Å²) in [6, 6.07) is 7.30. The minimum atomic E-state index is -0.693. The van der Waals surface area contributed by atoms with Gasteiger partial charge in [-0.15, -0.1) is 0 Å². The summed E-state index contributed by atoms with van der Waals surface area (Å²) in [6.07, 6.45) is 1.34. The lowest BCUT2D eigenvalue weighted by Crippen LogP contribution is -2.40. The van der Waals surface area contributed by atoms with Crippen LogP contribution in [0.1, 0.15) is 27.2 Å². The first-order chi connectivity index (χ1) is 14.1. The molecule has 1 aromatic rings. The van der Waals surface area contributed by atoms with E-state index in [0.29, 0.717) is 18.8 Å². The molecular formula is C21H29N3O6. The van der Waals surface area contributed by atoms with Crippen molar-refractivity contribution in [1.29, 1.82) is 0 Å². The van der Waals surface area contributed by atoms with Crippen molar-refractivity contribution in [3.05, 3.63) is 36.0 Å². The Morgan fingerprint density at radius 2 is 1.83 bits per heavy atom. The molecule has 164 valence electrons. The number of carbonyl (C=O) groups excluding carboxylic acids is 3. The summed E-state index contributed by atoms with van der Waals surface area (Å²) in [7, 11) is 2.46. The maximum Gasteiger partial charge on any atom is 0.407 e. The molecule has 0 bridgehead atoms. The second kappa shape index (κ2) is 10.00. The molecule has 9 heteroatoms. The third kappa shape index (κ3) is 6.68. The Labute approximate surface area is 176 Å². The highest BCUT2D eigenvalue weighted by atomic mass is 16.6. The molecule has 0 radical (unpaired) electrons. The van der Waals surface area contributed by atoms with Crippen molar-refractivity contribution in [2.75, 3.05) is 37.5 Å². The molecule has 1 aromatic carbocycles. The van der Waals surface area contributed by atoms with Crippen molar-refractivity contribution < 1.29 is 28.6 Å². The van der Waals surface area contributed by atoms with Gasteiger partial charge in [-0.1, -0.05) is 12.1 Å². The highest BCUT2D eigenvalue weighted by molar-refractivity contribution is 5.99. The van der Waals surface area contributed by atoms with Crippen LogP contribution in [0.25, 0.3) is 0 Å². The predicted octanol–water partition coefficient (Wildman–Crippen LogP) is 2.43. The van der Waals surface area contributed by atoms with Gasteiger partial charge in [-0.05, 0) is 39.3 Å². The van der Waals surface area contributed by atoms with Gasteiger partial charge in [0.2, 0.25) is 0 Å². The second-order valence-electron chi connectivity index (χ2n) is 7.79. The van der Waals surface area contributed by atoms with Crippen LogP contribution in [0.2, 0.25) is 0 Å². The number of carbonyl (C=O) groups is 3. The van der Waals surface area contributed by atoms with Crippen LogP contribution in [0.15, 0.2) is 36.0 Å². The molecule has 1 saturated heterocycles. The van der Waals surface area contributed by atoms with Gasteiger partial charge in [0.25, 0.3) is 0 Å². The number of ether oxygens (including phenoxy) is 3. The van der Waals surface area contributed by atoms with Crippen LogP contribution in [0.3, 0.4) is 0 Å². The molecule has 1 heterocycles. The van der Waals surface area contributed by atoms with Gasteiger partial charge < -0.3 is 29.7 Å². The zero-order chi connectivity index (χ0) is 22.3. The predicted molar refractivity (Wildman–Crippen MR) is 112 cm³/mol. The number of hydrogen-bond acceptors (Lipinski definition) is 8. The topological polar surface area (TPSA) is 106 Å². The number of benzene rings is 1. The van der Waals surface area contributed by atoms with E-state index in [9.17, 15) is 14.4 Å². The fraction of sp³-hybridized carbons (Fsp3) is 0.476. The number of rotatable bonds is 6. The van der Waals surface area contributed by atoms with Crippen LogP contribution in [-0.4, -0.2) is 57.0 Å². The van der Waals surface area contributed by atoms with Gasteiger partial charge in [0.15, 0.2) is 0 Å². The summed E-state index contributed by atoms with van der Waals surface area (Å²) in [5, 5.41) is 5.85. The first kappa shape index (κ1) is 23.1. The van der Waals surface area contributed by atoms with E-state index >= 15 is 0 Å². The molecule has 1 unspecified atom stereocenters. The summed E-state index contributed by atoms with van der Waals surface area (Å²) < 4.78 is 14.7.